The zero-order valence-electron chi connectivity index (χ0n) is 21.1. The van der Waals surface area contributed by atoms with Crippen molar-refractivity contribution < 1.29 is 14.3 Å². The molecular weight excluding hydrogens is 555 g/mol. The van der Waals surface area contributed by atoms with E-state index in [1.165, 1.54) is 18.2 Å². The number of H-pyrrole nitrogens is 1. The predicted octanol–water partition coefficient (Wildman–Crippen LogP) is 4.17. The van der Waals surface area contributed by atoms with Crippen molar-refractivity contribution in [1.82, 2.24) is 20.3 Å². The van der Waals surface area contributed by atoms with Crippen LogP contribution in [-0.2, 0) is 11.3 Å². The van der Waals surface area contributed by atoms with Crippen molar-refractivity contribution in [2.45, 2.75) is 31.6 Å². The number of pyridine rings is 1. The lowest BCUT2D eigenvalue weighted by molar-refractivity contribution is 0.0299. The maximum atomic E-state index is 13.1. The molecule has 0 radical (unpaired) electrons. The highest BCUT2D eigenvalue weighted by Crippen LogP contribution is 2.29. The van der Waals surface area contributed by atoms with E-state index in [-0.39, 0.29) is 46.5 Å². The third-order valence-corrected chi connectivity index (χ3v) is 7.54. The first-order valence-corrected chi connectivity index (χ1v) is 13.5. The SMILES string of the molecule is O=C(NCc1cccc(Cl)c1)c1ccc(Cl)c(NC(=O)c2cc3cnc(N4C[C@H]5CC[C@@H](C4)O5)nc3[nH]c2=O)c1. The summed E-state index contributed by atoms with van der Waals surface area (Å²) in [5.41, 5.74) is 0.902. The molecule has 3 N–H and O–H groups in total. The first-order valence-electron chi connectivity index (χ1n) is 12.8. The van der Waals surface area contributed by atoms with Gasteiger partial charge in [-0.25, -0.2) is 4.98 Å². The summed E-state index contributed by atoms with van der Waals surface area (Å²) < 4.78 is 5.87. The van der Waals surface area contributed by atoms with Crippen molar-refractivity contribution in [3.8, 4) is 0 Å². The van der Waals surface area contributed by atoms with Crippen molar-refractivity contribution >= 4 is 57.7 Å². The number of morpholine rings is 1. The number of aromatic nitrogens is 3. The van der Waals surface area contributed by atoms with Gasteiger partial charge in [-0.1, -0.05) is 35.3 Å². The topological polar surface area (TPSA) is 129 Å². The van der Waals surface area contributed by atoms with Crippen molar-refractivity contribution in [1.29, 1.82) is 0 Å². The van der Waals surface area contributed by atoms with Crippen LogP contribution < -0.4 is 21.1 Å². The Morgan fingerprint density at radius 1 is 1.05 bits per heavy atom. The lowest BCUT2D eigenvalue weighted by Gasteiger charge is -2.32. The first-order chi connectivity index (χ1) is 19.3. The van der Waals surface area contributed by atoms with E-state index in [1.54, 1.807) is 30.5 Å². The number of amides is 2. The van der Waals surface area contributed by atoms with E-state index in [9.17, 15) is 14.4 Å². The van der Waals surface area contributed by atoms with Crippen molar-refractivity contribution in [2.24, 2.45) is 0 Å². The van der Waals surface area contributed by atoms with Gasteiger partial charge in [-0.15, -0.1) is 0 Å². The van der Waals surface area contributed by atoms with Gasteiger partial charge in [0.1, 0.15) is 11.2 Å². The van der Waals surface area contributed by atoms with Crippen LogP contribution in [0.4, 0.5) is 11.6 Å². The average Bonchev–Trinajstić information content (AvgIpc) is 3.29. The monoisotopic (exact) mass is 578 g/mol. The fourth-order valence-corrected chi connectivity index (χ4v) is 5.34. The number of carbonyl (C=O) groups excluding carboxylic acids is 2. The second kappa shape index (κ2) is 10.9. The average molecular weight is 579 g/mol. The van der Waals surface area contributed by atoms with E-state index < -0.39 is 11.5 Å². The largest absolute Gasteiger partial charge is 0.371 e. The summed E-state index contributed by atoms with van der Waals surface area (Å²) in [4.78, 5) is 52.4. The number of nitrogens with zero attached hydrogens (tertiary/aromatic N) is 3. The predicted molar refractivity (Wildman–Crippen MR) is 152 cm³/mol. The number of ether oxygens (including phenoxy) is 1. The van der Waals surface area contributed by atoms with Gasteiger partial charge in [0, 0.05) is 41.8 Å². The van der Waals surface area contributed by atoms with Gasteiger partial charge in [-0.05, 0) is 54.8 Å². The van der Waals surface area contributed by atoms with Gasteiger partial charge in [0.05, 0.1) is 22.9 Å². The lowest BCUT2D eigenvalue weighted by atomic mass is 10.1. The van der Waals surface area contributed by atoms with Crippen LogP contribution in [0.2, 0.25) is 10.0 Å². The van der Waals surface area contributed by atoms with Crippen LogP contribution in [0.3, 0.4) is 0 Å². The van der Waals surface area contributed by atoms with Crippen LogP contribution >= 0.6 is 23.2 Å². The van der Waals surface area contributed by atoms with Crippen LogP contribution in [0.25, 0.3) is 11.0 Å². The van der Waals surface area contributed by atoms with E-state index in [2.05, 4.69) is 30.5 Å². The minimum Gasteiger partial charge on any atom is -0.371 e. The number of halogens is 2. The molecule has 4 aromatic rings. The molecule has 0 saturated carbocycles. The molecule has 2 bridgehead atoms. The number of aromatic amines is 1. The second-order valence-corrected chi connectivity index (χ2v) is 10.7. The molecule has 0 aliphatic carbocycles. The van der Waals surface area contributed by atoms with Gasteiger partial charge in [-0.3, -0.25) is 14.4 Å². The summed E-state index contributed by atoms with van der Waals surface area (Å²) in [5, 5.41) is 6.73. The van der Waals surface area contributed by atoms with Gasteiger partial charge < -0.3 is 25.3 Å². The Bertz CT molecular complexity index is 1680. The van der Waals surface area contributed by atoms with Crippen molar-refractivity contribution in [3.05, 3.63) is 91.8 Å². The minimum absolute atomic E-state index is 0.139. The second-order valence-electron chi connectivity index (χ2n) is 9.81. The Morgan fingerprint density at radius 2 is 1.85 bits per heavy atom. The van der Waals surface area contributed by atoms with Crippen LogP contribution in [0.1, 0.15) is 39.1 Å². The Hall–Kier alpha value is -3.99. The molecule has 2 fully saturated rings. The van der Waals surface area contributed by atoms with Crippen molar-refractivity contribution in [2.75, 3.05) is 23.3 Å². The summed E-state index contributed by atoms with van der Waals surface area (Å²) >= 11 is 12.3. The van der Waals surface area contributed by atoms with E-state index in [1.807, 2.05) is 6.07 Å². The molecule has 2 atom stereocenters. The molecule has 204 valence electrons. The number of benzene rings is 2. The number of hydrogen-bond donors (Lipinski definition) is 3. The van der Waals surface area contributed by atoms with E-state index in [0.29, 0.717) is 35.1 Å². The van der Waals surface area contributed by atoms with Crippen molar-refractivity contribution in [3.63, 3.8) is 0 Å². The molecule has 0 unspecified atom stereocenters. The lowest BCUT2D eigenvalue weighted by Crippen LogP contribution is -2.43. The summed E-state index contributed by atoms with van der Waals surface area (Å²) in [6.07, 6.45) is 3.96. The number of fused-ring (bicyclic) bond motifs is 3. The highest BCUT2D eigenvalue weighted by molar-refractivity contribution is 6.34. The molecule has 2 aliphatic heterocycles. The summed E-state index contributed by atoms with van der Waals surface area (Å²) in [6, 6.07) is 13.1. The Kier molecular flexibility index (Phi) is 7.14. The van der Waals surface area contributed by atoms with E-state index in [0.717, 1.165) is 18.4 Å². The van der Waals surface area contributed by atoms with E-state index in [4.69, 9.17) is 27.9 Å². The standard InChI is InChI=1S/C28H24Cl2N6O4/c29-18-3-1-2-15(8-18)11-31-25(37)16-4-7-22(30)23(10-16)33-26(38)21-9-17-12-32-28(35-24(17)34-27(21)39)36-13-19-5-6-20(14-36)40-19/h1-4,7-10,12,19-20H,5-6,11,13-14H2,(H,31,37)(H,33,38)(H,32,34,35,39)/t19-,20+. The Labute approximate surface area is 238 Å². The molecule has 40 heavy (non-hydrogen) atoms. The fraction of sp³-hybridized carbons (Fsp3) is 0.250. The van der Waals surface area contributed by atoms with Gasteiger partial charge in [0.25, 0.3) is 17.4 Å². The summed E-state index contributed by atoms with van der Waals surface area (Å²) in [5.74, 6) is -0.537. The van der Waals surface area contributed by atoms with Gasteiger partial charge in [-0.2, -0.15) is 4.98 Å². The minimum atomic E-state index is -0.685. The molecule has 6 rings (SSSR count). The highest BCUT2D eigenvalue weighted by Gasteiger charge is 2.34. The molecule has 2 aliphatic rings. The van der Waals surface area contributed by atoms with Crippen LogP contribution in [0, 0.1) is 0 Å². The number of hydrogen-bond acceptors (Lipinski definition) is 7. The maximum Gasteiger partial charge on any atom is 0.262 e. The highest BCUT2D eigenvalue weighted by atomic mass is 35.5. The molecule has 2 saturated heterocycles. The Balaban J connectivity index is 1.18. The van der Waals surface area contributed by atoms with Gasteiger partial charge in [0.15, 0.2) is 0 Å². The van der Waals surface area contributed by atoms with Crippen LogP contribution in [0.5, 0.6) is 0 Å². The fourth-order valence-electron chi connectivity index (χ4n) is 4.97. The molecule has 12 heteroatoms. The summed E-state index contributed by atoms with van der Waals surface area (Å²) in [6.45, 7) is 1.67. The zero-order valence-corrected chi connectivity index (χ0v) is 22.6. The number of carbonyl (C=O) groups is 2. The van der Waals surface area contributed by atoms with Gasteiger partial charge >= 0.3 is 0 Å². The first kappa shape index (κ1) is 26.2. The quantitative estimate of drug-likeness (QED) is 0.313. The number of nitrogens with one attached hydrogen (secondary N) is 3. The smallest absolute Gasteiger partial charge is 0.262 e. The molecule has 2 amide bonds. The molecule has 2 aromatic heterocycles. The molecule has 4 heterocycles. The van der Waals surface area contributed by atoms with Crippen LogP contribution in [-0.4, -0.2) is 52.1 Å². The molecule has 10 nitrogen and oxygen atoms in total. The third kappa shape index (κ3) is 5.51. The third-order valence-electron chi connectivity index (χ3n) is 6.97. The maximum absolute atomic E-state index is 13.1. The van der Waals surface area contributed by atoms with E-state index >= 15 is 0 Å². The number of anilines is 2. The molecule has 2 aromatic carbocycles. The Morgan fingerprint density at radius 3 is 2.62 bits per heavy atom. The van der Waals surface area contributed by atoms with Gasteiger partial charge in [0.2, 0.25) is 5.95 Å². The zero-order chi connectivity index (χ0) is 27.8. The summed E-state index contributed by atoms with van der Waals surface area (Å²) in [7, 11) is 0. The van der Waals surface area contributed by atoms with Crippen LogP contribution in [0.15, 0.2) is 59.5 Å². The normalized spacial score (nSPS) is 18.1. The molecule has 0 spiro atoms. The molecular formula is C28H24Cl2N6O4. The number of rotatable bonds is 6.